The molecule has 0 aliphatic carbocycles. The number of rotatable bonds is 11. The van der Waals surface area contributed by atoms with Crippen molar-refractivity contribution in [2.45, 2.75) is 19.1 Å². The summed E-state index contributed by atoms with van der Waals surface area (Å²) < 4.78 is 21.7. The maximum atomic E-state index is 10.9. The summed E-state index contributed by atoms with van der Waals surface area (Å²) in [7, 11) is 4.84. The smallest absolute Gasteiger partial charge is 0.320 e. The van der Waals surface area contributed by atoms with Crippen LogP contribution in [0.25, 0.3) is 11.1 Å². The van der Waals surface area contributed by atoms with Crippen LogP contribution in [0, 0.1) is 0 Å². The zero-order valence-corrected chi connectivity index (χ0v) is 16.4. The Morgan fingerprint density at radius 1 is 1.00 bits per heavy atom. The second-order valence-electron chi connectivity index (χ2n) is 6.27. The molecular formula is C21H27NO6. The van der Waals surface area contributed by atoms with Gasteiger partial charge in [-0.15, -0.1) is 0 Å². The van der Waals surface area contributed by atoms with Crippen molar-refractivity contribution in [2.75, 3.05) is 34.5 Å². The molecule has 3 N–H and O–H groups in total. The van der Waals surface area contributed by atoms with Gasteiger partial charge in [-0.05, 0) is 35.2 Å². The van der Waals surface area contributed by atoms with Gasteiger partial charge < -0.3 is 29.8 Å². The lowest BCUT2D eigenvalue weighted by atomic mass is 9.98. The fraction of sp³-hybridized carbons (Fsp3) is 0.381. The van der Waals surface area contributed by atoms with Crippen LogP contribution in [0.2, 0.25) is 0 Å². The second kappa shape index (κ2) is 10.7. The maximum absolute atomic E-state index is 10.9. The molecule has 28 heavy (non-hydrogen) atoms. The predicted octanol–water partition coefficient (Wildman–Crippen LogP) is 2.49. The quantitative estimate of drug-likeness (QED) is 0.570. The minimum atomic E-state index is -1.02. The number of carbonyl (C=O) groups is 1. The topological polar surface area (TPSA) is 100 Å². The molecule has 0 saturated heterocycles. The molecule has 0 bridgehead atoms. The van der Waals surface area contributed by atoms with Crippen LogP contribution in [0.1, 0.15) is 11.1 Å². The summed E-state index contributed by atoms with van der Waals surface area (Å²) in [6, 6.07) is 10.4. The molecule has 7 heteroatoms. The highest BCUT2D eigenvalue weighted by Crippen LogP contribution is 2.39. The van der Waals surface area contributed by atoms with Gasteiger partial charge in [-0.1, -0.05) is 24.3 Å². The summed E-state index contributed by atoms with van der Waals surface area (Å²) in [4.78, 5) is 10.9. The zero-order chi connectivity index (χ0) is 20.5. The number of benzene rings is 2. The molecule has 7 nitrogen and oxygen atoms in total. The van der Waals surface area contributed by atoms with Crippen molar-refractivity contribution in [3.63, 3.8) is 0 Å². The van der Waals surface area contributed by atoms with Gasteiger partial charge in [-0.2, -0.15) is 0 Å². The molecule has 1 atom stereocenters. The van der Waals surface area contributed by atoms with Crippen LogP contribution in [0.15, 0.2) is 36.4 Å². The summed E-state index contributed by atoms with van der Waals surface area (Å²) in [6.45, 7) is 1.45. The number of hydrogen-bond donors (Lipinski definition) is 2. The van der Waals surface area contributed by atoms with Crippen LogP contribution in [-0.4, -0.2) is 51.7 Å². The van der Waals surface area contributed by atoms with Crippen LogP contribution in [0.3, 0.4) is 0 Å². The number of aliphatic carboxylic acids is 1. The highest BCUT2D eigenvalue weighted by atomic mass is 16.5. The lowest BCUT2D eigenvalue weighted by Crippen LogP contribution is -2.32. The Labute approximate surface area is 165 Å². The number of methoxy groups -OCH3 is 3. The van der Waals surface area contributed by atoms with Gasteiger partial charge >= 0.3 is 5.97 Å². The van der Waals surface area contributed by atoms with E-state index in [1.54, 1.807) is 21.3 Å². The molecule has 0 aromatic heterocycles. The Morgan fingerprint density at radius 2 is 1.61 bits per heavy atom. The molecule has 0 radical (unpaired) electrons. The summed E-state index contributed by atoms with van der Waals surface area (Å²) in [5.74, 6) is 0.315. The molecule has 152 valence electrons. The van der Waals surface area contributed by atoms with Gasteiger partial charge in [0, 0.05) is 7.11 Å². The van der Waals surface area contributed by atoms with Gasteiger partial charge in [0.25, 0.3) is 0 Å². The third-order valence-electron chi connectivity index (χ3n) is 4.28. The van der Waals surface area contributed by atoms with E-state index in [1.807, 2.05) is 36.4 Å². The summed E-state index contributed by atoms with van der Waals surface area (Å²) in [5.41, 5.74) is 9.10. The Kier molecular flexibility index (Phi) is 8.25. The monoisotopic (exact) mass is 389 g/mol. The van der Waals surface area contributed by atoms with E-state index in [2.05, 4.69) is 0 Å². The fourth-order valence-corrected chi connectivity index (χ4v) is 2.82. The number of hydrogen-bond acceptors (Lipinski definition) is 6. The number of carboxylic acid groups (broad SMARTS) is 1. The first-order chi connectivity index (χ1) is 13.5. The van der Waals surface area contributed by atoms with Crippen molar-refractivity contribution >= 4 is 5.97 Å². The van der Waals surface area contributed by atoms with E-state index in [9.17, 15) is 4.79 Å². The van der Waals surface area contributed by atoms with E-state index < -0.39 is 12.0 Å². The van der Waals surface area contributed by atoms with Crippen molar-refractivity contribution in [1.82, 2.24) is 0 Å². The SMILES string of the molecule is COCCOCc1cc(OC)c(-c2ccc(CC(N)C(=O)O)cc2)c(OC)c1. The normalized spacial score (nSPS) is 11.9. The Hall–Kier alpha value is -2.61. The van der Waals surface area contributed by atoms with E-state index in [0.717, 1.165) is 22.3 Å². The summed E-state index contributed by atoms with van der Waals surface area (Å²) in [5, 5.41) is 8.95. The van der Waals surface area contributed by atoms with Crippen LogP contribution in [-0.2, 0) is 27.3 Å². The Bertz CT molecular complexity index is 750. The molecule has 0 heterocycles. The largest absolute Gasteiger partial charge is 0.496 e. The van der Waals surface area contributed by atoms with Crippen molar-refractivity contribution < 1.29 is 28.8 Å². The van der Waals surface area contributed by atoms with E-state index in [4.69, 9.17) is 29.8 Å². The van der Waals surface area contributed by atoms with Crippen LogP contribution < -0.4 is 15.2 Å². The molecule has 0 spiro atoms. The number of carboxylic acids is 1. The van der Waals surface area contributed by atoms with E-state index >= 15 is 0 Å². The molecule has 1 unspecified atom stereocenters. The molecule has 0 aliphatic heterocycles. The van der Waals surface area contributed by atoms with Crippen LogP contribution in [0.5, 0.6) is 11.5 Å². The van der Waals surface area contributed by atoms with Gasteiger partial charge in [0.05, 0.1) is 39.6 Å². The van der Waals surface area contributed by atoms with E-state index in [0.29, 0.717) is 31.3 Å². The van der Waals surface area contributed by atoms with Gasteiger partial charge in [-0.3, -0.25) is 4.79 Å². The average Bonchev–Trinajstić information content (AvgIpc) is 2.71. The molecule has 0 saturated carbocycles. The van der Waals surface area contributed by atoms with Gasteiger partial charge in [-0.25, -0.2) is 0 Å². The Balaban J connectivity index is 2.27. The van der Waals surface area contributed by atoms with Crippen molar-refractivity contribution in [1.29, 1.82) is 0 Å². The number of ether oxygens (including phenoxy) is 4. The summed E-state index contributed by atoms with van der Waals surface area (Å²) >= 11 is 0. The van der Waals surface area contributed by atoms with Crippen LogP contribution >= 0.6 is 0 Å². The minimum Gasteiger partial charge on any atom is -0.496 e. The van der Waals surface area contributed by atoms with Crippen LogP contribution in [0.4, 0.5) is 0 Å². The maximum Gasteiger partial charge on any atom is 0.320 e. The lowest BCUT2D eigenvalue weighted by Gasteiger charge is -2.16. The molecule has 0 amide bonds. The van der Waals surface area contributed by atoms with Gasteiger partial charge in [0.2, 0.25) is 0 Å². The minimum absolute atomic E-state index is 0.266. The highest BCUT2D eigenvalue weighted by Gasteiger charge is 2.16. The molecule has 2 aromatic rings. The van der Waals surface area contributed by atoms with E-state index in [-0.39, 0.29) is 6.42 Å². The highest BCUT2D eigenvalue weighted by molar-refractivity contribution is 5.78. The lowest BCUT2D eigenvalue weighted by molar-refractivity contribution is -0.138. The molecule has 0 fully saturated rings. The molecule has 2 rings (SSSR count). The fourth-order valence-electron chi connectivity index (χ4n) is 2.82. The van der Waals surface area contributed by atoms with Crippen molar-refractivity contribution in [2.24, 2.45) is 5.73 Å². The average molecular weight is 389 g/mol. The first-order valence-electron chi connectivity index (χ1n) is 8.89. The first-order valence-corrected chi connectivity index (χ1v) is 8.89. The second-order valence-corrected chi connectivity index (χ2v) is 6.27. The third kappa shape index (κ3) is 5.69. The molecule has 0 aliphatic rings. The van der Waals surface area contributed by atoms with Gasteiger partial charge in [0.1, 0.15) is 17.5 Å². The summed E-state index contributed by atoms with van der Waals surface area (Å²) in [6.07, 6.45) is 0.266. The van der Waals surface area contributed by atoms with Crippen molar-refractivity contribution in [3.8, 4) is 22.6 Å². The molecular weight excluding hydrogens is 362 g/mol. The predicted molar refractivity (Wildman–Crippen MR) is 106 cm³/mol. The third-order valence-corrected chi connectivity index (χ3v) is 4.28. The zero-order valence-electron chi connectivity index (χ0n) is 16.4. The number of nitrogens with two attached hydrogens (primary N) is 1. The molecule has 2 aromatic carbocycles. The Morgan fingerprint density at radius 3 is 2.11 bits per heavy atom. The first kappa shape index (κ1) is 21.7. The standard InChI is InChI=1S/C21H27NO6/c1-25-8-9-28-13-15-11-18(26-2)20(19(12-15)27-3)16-6-4-14(5-7-16)10-17(22)21(23)24/h4-7,11-12,17H,8-10,13,22H2,1-3H3,(H,23,24). The van der Waals surface area contributed by atoms with Crippen molar-refractivity contribution in [3.05, 3.63) is 47.5 Å². The van der Waals surface area contributed by atoms with Gasteiger partial charge in [0.15, 0.2) is 0 Å². The van der Waals surface area contributed by atoms with E-state index in [1.165, 1.54) is 0 Å².